The molecule has 0 aliphatic rings. The lowest BCUT2D eigenvalue weighted by atomic mass is 9.88. The number of hydrogen-bond acceptors (Lipinski definition) is 1. The highest BCUT2D eigenvalue weighted by Crippen LogP contribution is 2.63. The molecule has 0 saturated heterocycles. The van der Waals surface area contributed by atoms with Crippen LogP contribution in [0.1, 0.15) is 39.5 Å². The number of alkyl halides is 17. The van der Waals surface area contributed by atoms with Crippen molar-refractivity contribution in [1.82, 2.24) is 5.32 Å². The van der Waals surface area contributed by atoms with Crippen LogP contribution in [0.25, 0.3) is 0 Å². The van der Waals surface area contributed by atoms with Gasteiger partial charge in [0.1, 0.15) is 0 Å². The predicted octanol–water partition coefficient (Wildman–Crippen LogP) is 7.33. The first-order valence-corrected chi connectivity index (χ1v) is 9.66. The maximum Gasteiger partial charge on any atom is 0.460 e. The van der Waals surface area contributed by atoms with E-state index >= 15 is 0 Å². The molecule has 0 aromatic heterocycles. The molecule has 1 atom stereocenters. The molecule has 1 N–H and O–H groups in total. The summed E-state index contributed by atoms with van der Waals surface area (Å²) in [6.45, 7) is 2.09. The summed E-state index contributed by atoms with van der Waals surface area (Å²) in [5, 5.41) is 0.974. The van der Waals surface area contributed by atoms with Crippen molar-refractivity contribution >= 4 is 5.91 Å². The normalized spacial score (nSPS) is 16.2. The van der Waals surface area contributed by atoms with Gasteiger partial charge in [0.05, 0.1) is 0 Å². The van der Waals surface area contributed by atoms with Crippen LogP contribution < -0.4 is 5.32 Å². The summed E-state index contributed by atoms with van der Waals surface area (Å²) < 4.78 is 224. The minimum atomic E-state index is -8.72. The van der Waals surface area contributed by atoms with Gasteiger partial charge in [-0.05, 0) is 12.3 Å². The minimum absolute atomic E-state index is 0.0746. The Hall–Kier alpha value is -1.72. The number of hydrogen-bond donors (Lipinski definition) is 1. The second-order valence-corrected chi connectivity index (χ2v) is 7.65. The maximum absolute atomic E-state index is 13.8. The third-order valence-corrected chi connectivity index (χ3v) is 5.10. The zero-order valence-electron chi connectivity index (χ0n) is 17.9. The number of unbranched alkanes of at least 4 members (excludes halogenated alkanes) is 1. The van der Waals surface area contributed by atoms with Crippen LogP contribution >= 0.6 is 0 Å². The van der Waals surface area contributed by atoms with Gasteiger partial charge in [-0.25, -0.2) is 0 Å². The molecule has 0 heterocycles. The van der Waals surface area contributed by atoms with Gasteiger partial charge in [-0.15, -0.1) is 0 Å². The summed E-state index contributed by atoms with van der Waals surface area (Å²) in [5.74, 6) is -62.0. The number of carbonyl (C=O) groups is 1. The van der Waals surface area contributed by atoms with E-state index in [2.05, 4.69) is 0 Å². The van der Waals surface area contributed by atoms with Crippen LogP contribution in [0.3, 0.4) is 0 Å². The van der Waals surface area contributed by atoms with E-state index in [1.807, 2.05) is 0 Å². The fraction of sp³-hybridized carbons (Fsp3) is 0.941. The Morgan fingerprint density at radius 3 is 1.31 bits per heavy atom. The topological polar surface area (TPSA) is 29.1 Å². The van der Waals surface area contributed by atoms with E-state index in [1.165, 1.54) is 6.92 Å². The summed E-state index contributed by atoms with van der Waals surface area (Å²) in [6.07, 6.45) is -6.70. The highest BCUT2D eigenvalue weighted by molar-refractivity contribution is 5.84. The third-order valence-electron chi connectivity index (χ3n) is 5.10. The Morgan fingerprint density at radius 2 is 0.972 bits per heavy atom. The van der Waals surface area contributed by atoms with Crippen molar-refractivity contribution < 1.29 is 79.4 Å². The Morgan fingerprint density at radius 1 is 0.611 bits per heavy atom. The summed E-state index contributed by atoms with van der Waals surface area (Å²) in [7, 11) is 0. The lowest BCUT2D eigenvalue weighted by molar-refractivity contribution is -0.459. The van der Waals surface area contributed by atoms with E-state index in [4.69, 9.17) is 0 Å². The molecule has 19 heteroatoms. The molecular weight excluding hydrogens is 557 g/mol. The highest BCUT2D eigenvalue weighted by Gasteiger charge is 2.95. The van der Waals surface area contributed by atoms with Crippen molar-refractivity contribution in [2.24, 2.45) is 5.92 Å². The molecule has 0 aliphatic heterocycles. The highest BCUT2D eigenvalue weighted by atomic mass is 19.4. The molecule has 0 aliphatic carbocycles. The second-order valence-electron chi connectivity index (χ2n) is 7.65. The number of carbonyl (C=O) groups excluding carboxylic acids is 1. The number of rotatable bonds is 13. The average molecular weight is 575 g/mol. The smallest absolute Gasteiger partial charge is 0.350 e. The molecule has 1 amide bonds. The fourth-order valence-electron chi connectivity index (χ4n) is 2.60. The fourth-order valence-corrected chi connectivity index (χ4v) is 2.60. The van der Waals surface area contributed by atoms with Crippen LogP contribution in [0.2, 0.25) is 0 Å². The van der Waals surface area contributed by atoms with Crippen LogP contribution in [0.5, 0.6) is 0 Å². The number of nitrogens with one attached hydrogen (secondary N) is 1. The first-order chi connectivity index (χ1) is 15.7. The Bertz CT molecular complexity index is 759. The zero-order valence-corrected chi connectivity index (χ0v) is 17.9. The first-order valence-electron chi connectivity index (χ1n) is 9.66. The van der Waals surface area contributed by atoms with E-state index in [9.17, 15) is 79.4 Å². The lowest BCUT2D eigenvalue weighted by Gasteiger charge is -2.42. The van der Waals surface area contributed by atoms with Crippen molar-refractivity contribution in [2.45, 2.75) is 87.2 Å². The summed E-state index contributed by atoms with van der Waals surface area (Å²) in [4.78, 5) is 11.4. The summed E-state index contributed by atoms with van der Waals surface area (Å²) in [6, 6.07) is 0. The zero-order chi connectivity index (χ0) is 29.4. The van der Waals surface area contributed by atoms with E-state index in [0.717, 1.165) is 5.32 Å². The van der Waals surface area contributed by atoms with Crippen molar-refractivity contribution in [3.8, 4) is 0 Å². The van der Waals surface area contributed by atoms with Crippen molar-refractivity contribution in [2.75, 3.05) is 6.54 Å². The molecule has 0 aromatic rings. The van der Waals surface area contributed by atoms with E-state index in [1.54, 1.807) is 6.92 Å². The molecule has 0 fully saturated rings. The molecule has 2 nitrogen and oxygen atoms in total. The summed E-state index contributed by atoms with van der Waals surface area (Å²) >= 11 is 0. The van der Waals surface area contributed by atoms with Gasteiger partial charge in [0.25, 0.3) is 5.91 Å². The van der Waals surface area contributed by atoms with E-state index < -0.39 is 66.0 Å². The standard InChI is InChI=1S/C17H18F17NO/c1-3-5-6-8(4-2)7-35-9(36)10(18,19)11(20,21)12(22,23)13(24,25)14(26,27)15(28,29)16(30,31)17(32,33)34/h8H,3-7H2,1-2H3,(H,35,36). The Kier molecular flexibility index (Phi) is 9.72. The Labute approximate surface area is 191 Å². The van der Waals surface area contributed by atoms with Gasteiger partial charge in [-0.2, -0.15) is 74.6 Å². The molecule has 0 bridgehead atoms. The summed E-state index contributed by atoms with van der Waals surface area (Å²) in [5.41, 5.74) is 0. The van der Waals surface area contributed by atoms with Gasteiger partial charge in [0.2, 0.25) is 0 Å². The molecule has 1 unspecified atom stereocenters. The molecular formula is C17H18F17NO. The molecule has 0 spiro atoms. The van der Waals surface area contributed by atoms with Crippen LogP contribution in [0.15, 0.2) is 0 Å². The first kappa shape index (κ1) is 34.3. The van der Waals surface area contributed by atoms with E-state index in [0.29, 0.717) is 12.8 Å². The van der Waals surface area contributed by atoms with Crippen molar-refractivity contribution in [3.63, 3.8) is 0 Å². The van der Waals surface area contributed by atoms with Crippen LogP contribution in [0, 0.1) is 5.92 Å². The van der Waals surface area contributed by atoms with Gasteiger partial charge < -0.3 is 5.32 Å². The lowest BCUT2D eigenvalue weighted by Crippen LogP contribution is -2.75. The van der Waals surface area contributed by atoms with Gasteiger partial charge >= 0.3 is 47.6 Å². The molecule has 216 valence electrons. The monoisotopic (exact) mass is 575 g/mol. The van der Waals surface area contributed by atoms with E-state index in [-0.39, 0.29) is 12.8 Å². The largest absolute Gasteiger partial charge is 0.460 e. The molecule has 0 saturated carbocycles. The van der Waals surface area contributed by atoms with Crippen LogP contribution in [0.4, 0.5) is 74.6 Å². The van der Waals surface area contributed by atoms with Crippen LogP contribution in [-0.2, 0) is 4.79 Å². The Balaban J connectivity index is 6.39. The maximum atomic E-state index is 13.8. The van der Waals surface area contributed by atoms with Gasteiger partial charge in [0, 0.05) is 6.54 Å². The third kappa shape index (κ3) is 5.15. The van der Waals surface area contributed by atoms with Gasteiger partial charge in [0.15, 0.2) is 0 Å². The number of amides is 1. The minimum Gasteiger partial charge on any atom is -0.350 e. The molecule has 0 rings (SSSR count). The second kappa shape index (κ2) is 10.2. The van der Waals surface area contributed by atoms with Gasteiger partial charge in [-0.1, -0.05) is 33.1 Å². The van der Waals surface area contributed by atoms with Gasteiger partial charge in [-0.3, -0.25) is 4.79 Å². The van der Waals surface area contributed by atoms with Crippen molar-refractivity contribution in [1.29, 1.82) is 0 Å². The number of halogens is 17. The predicted molar refractivity (Wildman–Crippen MR) is 87.0 cm³/mol. The van der Waals surface area contributed by atoms with Crippen molar-refractivity contribution in [3.05, 3.63) is 0 Å². The van der Waals surface area contributed by atoms with Crippen LogP contribution in [-0.4, -0.2) is 60.1 Å². The molecule has 36 heavy (non-hydrogen) atoms. The molecule has 0 radical (unpaired) electrons. The quantitative estimate of drug-likeness (QED) is 0.229. The SMILES string of the molecule is CCCCC(CC)CNC(=O)C(F)(F)C(F)(F)C(F)(F)C(F)(F)C(F)(F)C(F)(F)C(F)(F)C(F)(F)F. The average Bonchev–Trinajstić information content (AvgIpc) is 2.71. The molecule has 0 aromatic carbocycles.